The normalized spacial score (nSPS) is 23.5. The van der Waals surface area contributed by atoms with Crippen molar-refractivity contribution in [1.82, 2.24) is 5.32 Å². The second kappa shape index (κ2) is 7.04. The maximum Gasteiger partial charge on any atom is 0.0452 e. The smallest absolute Gasteiger partial charge is 0.0452 e. The lowest BCUT2D eigenvalue weighted by Crippen LogP contribution is -2.36. The van der Waals surface area contributed by atoms with E-state index in [-0.39, 0.29) is 0 Å². The van der Waals surface area contributed by atoms with Crippen LogP contribution in [0, 0.1) is 5.92 Å². The molecule has 2 unspecified atom stereocenters. The summed E-state index contributed by atoms with van der Waals surface area (Å²) < 4.78 is 0. The van der Waals surface area contributed by atoms with Crippen LogP contribution in [0.25, 0.3) is 0 Å². The van der Waals surface area contributed by atoms with Crippen LogP contribution >= 0.6 is 35.0 Å². The Morgan fingerprint density at radius 3 is 2.67 bits per heavy atom. The molecular formula is C14H19Cl2NS. The third kappa shape index (κ3) is 3.57. The molecule has 0 spiro atoms. The average molecular weight is 304 g/mol. The Balaban J connectivity index is 2.03. The van der Waals surface area contributed by atoms with Gasteiger partial charge in [0, 0.05) is 21.8 Å². The average Bonchev–Trinajstić information content (AvgIpc) is 2.79. The van der Waals surface area contributed by atoms with E-state index in [4.69, 9.17) is 23.2 Å². The maximum atomic E-state index is 6.25. The zero-order valence-electron chi connectivity index (χ0n) is 10.6. The molecule has 0 aromatic heterocycles. The van der Waals surface area contributed by atoms with Crippen LogP contribution < -0.4 is 5.32 Å². The molecule has 18 heavy (non-hydrogen) atoms. The fraction of sp³-hybridized carbons (Fsp3) is 0.571. The van der Waals surface area contributed by atoms with Crippen LogP contribution in [0.3, 0.4) is 0 Å². The molecule has 1 nitrogen and oxygen atoms in total. The number of halogens is 2. The number of hydrogen-bond donors (Lipinski definition) is 1. The Hall–Kier alpha value is 0.110. The van der Waals surface area contributed by atoms with E-state index < -0.39 is 0 Å². The fourth-order valence-corrected chi connectivity index (χ4v) is 4.33. The summed E-state index contributed by atoms with van der Waals surface area (Å²) in [4.78, 5) is 0. The molecule has 1 heterocycles. The van der Waals surface area contributed by atoms with Crippen molar-refractivity contribution in [1.29, 1.82) is 0 Å². The second-order valence-corrected chi connectivity index (χ2v) is 6.65. The Labute approximate surface area is 124 Å². The summed E-state index contributed by atoms with van der Waals surface area (Å²) in [5.41, 5.74) is 1.11. The van der Waals surface area contributed by atoms with Crippen molar-refractivity contribution in [2.24, 2.45) is 5.92 Å². The van der Waals surface area contributed by atoms with Gasteiger partial charge in [0.1, 0.15) is 0 Å². The van der Waals surface area contributed by atoms with Gasteiger partial charge in [0.15, 0.2) is 0 Å². The van der Waals surface area contributed by atoms with Crippen molar-refractivity contribution in [3.63, 3.8) is 0 Å². The van der Waals surface area contributed by atoms with Crippen molar-refractivity contribution < 1.29 is 0 Å². The molecule has 1 N–H and O–H groups in total. The predicted octanol–water partition coefficient (Wildman–Crippen LogP) is 4.27. The van der Waals surface area contributed by atoms with Gasteiger partial charge in [0.25, 0.3) is 0 Å². The van der Waals surface area contributed by atoms with Crippen LogP contribution in [0.4, 0.5) is 0 Å². The minimum absolute atomic E-state index is 0.599. The van der Waals surface area contributed by atoms with Gasteiger partial charge in [-0.15, -0.1) is 0 Å². The first-order chi connectivity index (χ1) is 8.72. The lowest BCUT2D eigenvalue weighted by Gasteiger charge is -2.21. The minimum atomic E-state index is 0.599. The van der Waals surface area contributed by atoms with Gasteiger partial charge < -0.3 is 5.32 Å². The molecule has 0 aliphatic carbocycles. The monoisotopic (exact) mass is 303 g/mol. The molecule has 1 fully saturated rings. The molecule has 0 amide bonds. The van der Waals surface area contributed by atoms with Gasteiger partial charge in [0.05, 0.1) is 0 Å². The van der Waals surface area contributed by atoms with Gasteiger partial charge in [-0.3, -0.25) is 0 Å². The first kappa shape index (κ1) is 14.5. The number of benzene rings is 1. The van der Waals surface area contributed by atoms with Gasteiger partial charge in [-0.2, -0.15) is 11.8 Å². The highest BCUT2D eigenvalue weighted by molar-refractivity contribution is 7.99. The summed E-state index contributed by atoms with van der Waals surface area (Å²) in [7, 11) is 0. The van der Waals surface area contributed by atoms with E-state index >= 15 is 0 Å². The summed E-state index contributed by atoms with van der Waals surface area (Å²) >= 11 is 14.5. The second-order valence-electron chi connectivity index (χ2n) is 4.76. The van der Waals surface area contributed by atoms with Gasteiger partial charge >= 0.3 is 0 Å². The van der Waals surface area contributed by atoms with Crippen LogP contribution in [0.5, 0.6) is 0 Å². The van der Waals surface area contributed by atoms with Crippen LogP contribution in [-0.2, 0) is 6.42 Å². The Kier molecular flexibility index (Phi) is 5.68. The van der Waals surface area contributed by atoms with Crippen LogP contribution in [0.15, 0.2) is 18.2 Å². The van der Waals surface area contributed by atoms with E-state index in [0.717, 1.165) is 28.6 Å². The van der Waals surface area contributed by atoms with E-state index in [2.05, 4.69) is 12.2 Å². The number of thioether (sulfide) groups is 1. The van der Waals surface area contributed by atoms with E-state index in [1.165, 1.54) is 17.9 Å². The highest BCUT2D eigenvalue weighted by Crippen LogP contribution is 2.32. The van der Waals surface area contributed by atoms with Crippen LogP contribution in [-0.4, -0.2) is 24.1 Å². The molecule has 1 saturated heterocycles. The molecule has 1 aromatic rings. The summed E-state index contributed by atoms with van der Waals surface area (Å²) in [5, 5.41) is 5.23. The standard InChI is InChI=1S/C14H19Cl2NS/c1-2-6-17-14-9-18-8-10(14)7-11-12(15)4-3-5-13(11)16/h3-5,10,14,17H,2,6-9H2,1H3. The number of rotatable bonds is 5. The van der Waals surface area contributed by atoms with Gasteiger partial charge in [-0.1, -0.05) is 36.2 Å². The Morgan fingerprint density at radius 2 is 2.00 bits per heavy atom. The van der Waals surface area contributed by atoms with Crippen molar-refractivity contribution >= 4 is 35.0 Å². The summed E-state index contributed by atoms with van der Waals surface area (Å²) in [6, 6.07) is 6.37. The maximum absolute atomic E-state index is 6.25. The topological polar surface area (TPSA) is 12.0 Å². The third-order valence-corrected chi connectivity index (χ3v) is 5.35. The molecule has 1 aliphatic heterocycles. The molecule has 2 atom stereocenters. The van der Waals surface area contributed by atoms with Gasteiger partial charge in [-0.25, -0.2) is 0 Å². The molecule has 0 bridgehead atoms. The fourth-order valence-electron chi connectivity index (χ4n) is 2.34. The molecule has 0 saturated carbocycles. The SMILES string of the molecule is CCCNC1CSCC1Cc1c(Cl)cccc1Cl. The molecule has 1 aliphatic rings. The van der Waals surface area contributed by atoms with Gasteiger partial charge in [0.2, 0.25) is 0 Å². The first-order valence-corrected chi connectivity index (χ1v) is 8.37. The molecule has 0 radical (unpaired) electrons. The lowest BCUT2D eigenvalue weighted by molar-refractivity contribution is 0.425. The highest BCUT2D eigenvalue weighted by atomic mass is 35.5. The van der Waals surface area contributed by atoms with Crippen molar-refractivity contribution in [3.05, 3.63) is 33.8 Å². The summed E-state index contributed by atoms with van der Waals surface area (Å²) in [6.07, 6.45) is 2.16. The Morgan fingerprint density at radius 1 is 1.28 bits per heavy atom. The zero-order valence-corrected chi connectivity index (χ0v) is 12.9. The summed E-state index contributed by atoms with van der Waals surface area (Å²) in [6.45, 7) is 3.30. The Bertz CT molecular complexity index is 377. The van der Waals surface area contributed by atoms with Gasteiger partial charge in [-0.05, 0) is 48.8 Å². The quantitative estimate of drug-likeness (QED) is 0.872. The number of nitrogens with one attached hydrogen (secondary N) is 1. The summed E-state index contributed by atoms with van der Waals surface area (Å²) in [5.74, 6) is 3.04. The first-order valence-electron chi connectivity index (χ1n) is 6.46. The van der Waals surface area contributed by atoms with E-state index in [1.807, 2.05) is 30.0 Å². The molecule has 4 heteroatoms. The molecule has 1 aromatic carbocycles. The van der Waals surface area contributed by atoms with Crippen molar-refractivity contribution in [3.8, 4) is 0 Å². The van der Waals surface area contributed by atoms with Crippen molar-refractivity contribution in [2.75, 3.05) is 18.1 Å². The van der Waals surface area contributed by atoms with E-state index in [1.54, 1.807) is 0 Å². The zero-order chi connectivity index (χ0) is 13.0. The van der Waals surface area contributed by atoms with Crippen LogP contribution in [0.2, 0.25) is 10.0 Å². The third-order valence-electron chi connectivity index (χ3n) is 3.38. The molecule has 2 rings (SSSR count). The largest absolute Gasteiger partial charge is 0.313 e. The van der Waals surface area contributed by atoms with E-state index in [0.29, 0.717) is 12.0 Å². The minimum Gasteiger partial charge on any atom is -0.313 e. The lowest BCUT2D eigenvalue weighted by atomic mass is 9.95. The van der Waals surface area contributed by atoms with Crippen LogP contribution in [0.1, 0.15) is 18.9 Å². The number of hydrogen-bond acceptors (Lipinski definition) is 2. The predicted molar refractivity (Wildman–Crippen MR) is 83.1 cm³/mol. The molecule has 100 valence electrons. The molecular weight excluding hydrogens is 285 g/mol. The highest BCUT2D eigenvalue weighted by Gasteiger charge is 2.28. The van der Waals surface area contributed by atoms with E-state index in [9.17, 15) is 0 Å². The van der Waals surface area contributed by atoms with Crippen molar-refractivity contribution in [2.45, 2.75) is 25.8 Å².